The molecule has 2 aliphatic carbocycles. The molecule has 4 heteroatoms. The van der Waals surface area contributed by atoms with E-state index in [1.807, 2.05) is 0 Å². The van der Waals surface area contributed by atoms with Crippen LogP contribution in [0.1, 0.15) is 58.8 Å². The number of hydrogen-bond acceptors (Lipinski definition) is 2. The summed E-state index contributed by atoms with van der Waals surface area (Å²) in [6.07, 6.45) is 8.02. The highest BCUT2D eigenvalue weighted by atomic mass is 35.5. The van der Waals surface area contributed by atoms with E-state index in [4.69, 9.17) is 5.73 Å². The van der Waals surface area contributed by atoms with Gasteiger partial charge < -0.3 is 11.1 Å². The van der Waals surface area contributed by atoms with E-state index in [9.17, 15) is 4.79 Å². The van der Waals surface area contributed by atoms with Crippen LogP contribution >= 0.6 is 12.4 Å². The van der Waals surface area contributed by atoms with Crippen molar-refractivity contribution in [2.24, 2.45) is 23.0 Å². The first kappa shape index (κ1) is 16.8. The lowest BCUT2D eigenvalue weighted by Gasteiger charge is -2.43. The molecule has 0 spiro atoms. The summed E-state index contributed by atoms with van der Waals surface area (Å²) in [5.41, 5.74) is 6.28. The normalized spacial score (nSPS) is 28.6. The maximum Gasteiger partial charge on any atom is 0.223 e. The Morgan fingerprint density at radius 3 is 2.47 bits per heavy atom. The molecule has 19 heavy (non-hydrogen) atoms. The Balaban J connectivity index is 0.00000180. The van der Waals surface area contributed by atoms with Crippen LogP contribution in [0.25, 0.3) is 0 Å². The fraction of sp³-hybridized carbons (Fsp3) is 0.933. The predicted molar refractivity (Wildman–Crippen MR) is 81.3 cm³/mol. The molecule has 2 saturated carbocycles. The summed E-state index contributed by atoms with van der Waals surface area (Å²) < 4.78 is 0. The minimum atomic E-state index is 0. The molecule has 0 bridgehead atoms. The summed E-state index contributed by atoms with van der Waals surface area (Å²) in [6, 6.07) is 0.245. The number of nitrogens with one attached hydrogen (secondary N) is 1. The SMILES string of the molecule is CC(C)CC1(CNC(=O)C2CCC(N)C2)CCC1.Cl. The highest BCUT2D eigenvalue weighted by Gasteiger charge is 2.38. The Labute approximate surface area is 123 Å². The van der Waals surface area contributed by atoms with Crippen LogP contribution in [0.5, 0.6) is 0 Å². The molecule has 0 aliphatic heterocycles. The van der Waals surface area contributed by atoms with Crippen LogP contribution in [-0.4, -0.2) is 18.5 Å². The zero-order valence-corrected chi connectivity index (χ0v) is 13.1. The van der Waals surface area contributed by atoms with Crippen molar-refractivity contribution in [1.82, 2.24) is 5.32 Å². The molecule has 2 rings (SSSR count). The Hall–Kier alpha value is -0.280. The third-order valence-corrected chi connectivity index (χ3v) is 4.74. The molecule has 2 unspecified atom stereocenters. The zero-order chi connectivity index (χ0) is 13.2. The van der Waals surface area contributed by atoms with Crippen LogP contribution in [-0.2, 0) is 4.79 Å². The van der Waals surface area contributed by atoms with Crippen LogP contribution < -0.4 is 11.1 Å². The molecule has 0 aromatic heterocycles. The van der Waals surface area contributed by atoms with Gasteiger partial charge in [0.2, 0.25) is 5.91 Å². The van der Waals surface area contributed by atoms with Crippen molar-refractivity contribution >= 4 is 18.3 Å². The van der Waals surface area contributed by atoms with E-state index in [1.165, 1.54) is 25.7 Å². The van der Waals surface area contributed by atoms with Gasteiger partial charge in [0.05, 0.1) is 0 Å². The van der Waals surface area contributed by atoms with Crippen LogP contribution in [0.4, 0.5) is 0 Å². The van der Waals surface area contributed by atoms with Gasteiger partial charge in [0.15, 0.2) is 0 Å². The van der Waals surface area contributed by atoms with Gasteiger partial charge in [-0.1, -0.05) is 20.3 Å². The summed E-state index contributed by atoms with van der Waals surface area (Å²) in [4.78, 5) is 12.1. The van der Waals surface area contributed by atoms with Gasteiger partial charge in [-0.15, -0.1) is 12.4 Å². The second-order valence-electron chi connectivity index (χ2n) is 6.94. The molecule has 1 amide bonds. The van der Waals surface area contributed by atoms with Gasteiger partial charge in [0.1, 0.15) is 0 Å². The standard InChI is InChI=1S/C15H28N2O.ClH/c1-11(2)9-15(6-3-7-15)10-17-14(18)12-4-5-13(16)8-12;/h11-13H,3-10,16H2,1-2H3,(H,17,18);1H. The third kappa shape index (κ3) is 4.35. The lowest BCUT2D eigenvalue weighted by molar-refractivity contribution is -0.125. The Bertz CT molecular complexity index is 303. The first-order valence-corrected chi connectivity index (χ1v) is 7.54. The lowest BCUT2D eigenvalue weighted by Crippen LogP contribution is -2.44. The molecule has 0 aromatic rings. The van der Waals surface area contributed by atoms with Crippen molar-refractivity contribution < 1.29 is 4.79 Å². The summed E-state index contributed by atoms with van der Waals surface area (Å²) in [5, 5.41) is 3.20. The predicted octanol–water partition coefficient (Wildman–Crippen LogP) is 2.87. The number of carbonyl (C=O) groups is 1. The maximum atomic E-state index is 12.1. The number of hydrogen-bond donors (Lipinski definition) is 2. The van der Waals surface area contributed by atoms with E-state index < -0.39 is 0 Å². The van der Waals surface area contributed by atoms with E-state index in [1.54, 1.807) is 0 Å². The summed E-state index contributed by atoms with van der Waals surface area (Å²) in [5.74, 6) is 1.15. The molecule has 2 aliphatic rings. The smallest absolute Gasteiger partial charge is 0.223 e. The Morgan fingerprint density at radius 1 is 1.37 bits per heavy atom. The highest BCUT2D eigenvalue weighted by molar-refractivity contribution is 5.85. The van der Waals surface area contributed by atoms with Crippen molar-refractivity contribution in [3.05, 3.63) is 0 Å². The summed E-state index contributed by atoms with van der Waals surface area (Å²) in [7, 11) is 0. The Kier molecular flexibility index (Phi) is 6.13. The molecular formula is C15H29ClN2O. The molecule has 0 saturated heterocycles. The van der Waals surface area contributed by atoms with Gasteiger partial charge >= 0.3 is 0 Å². The molecule has 3 nitrogen and oxygen atoms in total. The molecular weight excluding hydrogens is 260 g/mol. The molecule has 112 valence electrons. The van der Waals surface area contributed by atoms with Gasteiger partial charge in [0.25, 0.3) is 0 Å². The minimum Gasteiger partial charge on any atom is -0.355 e. The molecule has 0 heterocycles. The maximum absolute atomic E-state index is 12.1. The Morgan fingerprint density at radius 2 is 2.05 bits per heavy atom. The fourth-order valence-corrected chi connectivity index (χ4v) is 3.67. The van der Waals surface area contributed by atoms with E-state index in [0.717, 1.165) is 31.7 Å². The van der Waals surface area contributed by atoms with Crippen LogP contribution in [0, 0.1) is 17.3 Å². The van der Waals surface area contributed by atoms with Gasteiger partial charge in [-0.3, -0.25) is 4.79 Å². The fourth-order valence-electron chi connectivity index (χ4n) is 3.67. The zero-order valence-electron chi connectivity index (χ0n) is 12.3. The molecule has 3 N–H and O–H groups in total. The van der Waals surface area contributed by atoms with Crippen LogP contribution in [0.2, 0.25) is 0 Å². The number of carbonyl (C=O) groups excluding carboxylic acids is 1. The summed E-state index contributed by atoms with van der Waals surface area (Å²) >= 11 is 0. The second kappa shape index (κ2) is 6.94. The second-order valence-corrected chi connectivity index (χ2v) is 6.94. The average Bonchev–Trinajstić information content (AvgIpc) is 2.68. The minimum absolute atomic E-state index is 0. The van der Waals surface area contributed by atoms with Crippen LogP contribution in [0.15, 0.2) is 0 Å². The largest absolute Gasteiger partial charge is 0.355 e. The van der Waals surface area contributed by atoms with Crippen LogP contribution in [0.3, 0.4) is 0 Å². The van der Waals surface area contributed by atoms with E-state index in [-0.39, 0.29) is 30.3 Å². The van der Waals surface area contributed by atoms with Gasteiger partial charge in [-0.05, 0) is 49.9 Å². The van der Waals surface area contributed by atoms with Crippen molar-refractivity contribution in [2.75, 3.05) is 6.54 Å². The molecule has 2 atom stereocenters. The van der Waals surface area contributed by atoms with Gasteiger partial charge in [0, 0.05) is 18.5 Å². The lowest BCUT2D eigenvalue weighted by atomic mass is 9.64. The van der Waals surface area contributed by atoms with Gasteiger partial charge in [-0.2, -0.15) is 0 Å². The molecule has 2 fully saturated rings. The third-order valence-electron chi connectivity index (χ3n) is 4.74. The topological polar surface area (TPSA) is 55.1 Å². The van der Waals surface area contributed by atoms with Crippen molar-refractivity contribution in [3.63, 3.8) is 0 Å². The first-order chi connectivity index (χ1) is 8.51. The highest BCUT2D eigenvalue weighted by Crippen LogP contribution is 2.45. The molecule has 0 aromatic carbocycles. The number of nitrogens with two attached hydrogens (primary N) is 1. The van der Waals surface area contributed by atoms with E-state index in [0.29, 0.717) is 5.41 Å². The number of halogens is 1. The van der Waals surface area contributed by atoms with Crippen molar-refractivity contribution in [1.29, 1.82) is 0 Å². The van der Waals surface area contributed by atoms with Crippen molar-refractivity contribution in [2.45, 2.75) is 64.8 Å². The monoisotopic (exact) mass is 288 g/mol. The quantitative estimate of drug-likeness (QED) is 0.817. The molecule has 0 radical (unpaired) electrons. The van der Waals surface area contributed by atoms with Gasteiger partial charge in [-0.25, -0.2) is 0 Å². The number of rotatable bonds is 5. The van der Waals surface area contributed by atoms with E-state index in [2.05, 4.69) is 19.2 Å². The number of amides is 1. The van der Waals surface area contributed by atoms with E-state index >= 15 is 0 Å². The van der Waals surface area contributed by atoms with Crippen molar-refractivity contribution in [3.8, 4) is 0 Å². The summed E-state index contributed by atoms with van der Waals surface area (Å²) in [6.45, 7) is 5.44. The first-order valence-electron chi connectivity index (χ1n) is 7.54. The average molecular weight is 289 g/mol.